The Hall–Kier alpha value is -1.15. The summed E-state index contributed by atoms with van der Waals surface area (Å²) in [5.41, 5.74) is 0.899. The average Bonchev–Trinajstić information content (AvgIpc) is 3.16. The molecule has 0 saturated carbocycles. The molecule has 1 aromatic rings. The number of benzene rings is 1. The largest absolute Gasteiger partial charge is 0.494 e. The van der Waals surface area contributed by atoms with Crippen molar-refractivity contribution in [2.45, 2.75) is 83.5 Å². The van der Waals surface area contributed by atoms with E-state index in [-0.39, 0.29) is 31.2 Å². The normalized spacial score (nSPS) is 19.5. The Bertz CT molecular complexity index is 676. The molecule has 2 unspecified atom stereocenters. The second-order valence-corrected chi connectivity index (χ2v) is 9.32. The summed E-state index contributed by atoms with van der Waals surface area (Å²) in [6, 6.07) is 7.47. The van der Waals surface area contributed by atoms with E-state index in [0.29, 0.717) is 12.4 Å². The number of unbranched alkanes of at least 4 members (excludes halogenated alkanes) is 7. The summed E-state index contributed by atoms with van der Waals surface area (Å²) < 4.78 is 47.6. The molecule has 1 saturated heterocycles. The molecule has 1 aromatic carbocycles. The fourth-order valence-electron chi connectivity index (χ4n) is 3.46. The molecule has 7 heteroatoms. The summed E-state index contributed by atoms with van der Waals surface area (Å²) in [7, 11) is -3.94. The number of hydrogen-bond acceptors (Lipinski definition) is 5. The van der Waals surface area contributed by atoms with Crippen molar-refractivity contribution in [2.75, 3.05) is 19.0 Å². The molecule has 1 fully saturated rings. The van der Waals surface area contributed by atoms with E-state index in [2.05, 4.69) is 6.92 Å². The lowest BCUT2D eigenvalue weighted by Gasteiger charge is -2.13. The lowest BCUT2D eigenvalue weighted by atomic mass is 10.1. The molecule has 1 aliphatic heterocycles. The van der Waals surface area contributed by atoms with Crippen molar-refractivity contribution in [1.82, 2.24) is 0 Å². The van der Waals surface area contributed by atoms with E-state index in [1.165, 1.54) is 51.4 Å². The topological polar surface area (TPSA) is 82.1 Å². The van der Waals surface area contributed by atoms with E-state index in [4.69, 9.17) is 18.8 Å². The van der Waals surface area contributed by atoms with Crippen LogP contribution < -0.4 is 4.74 Å². The molecule has 6 nitrogen and oxygen atoms in total. The van der Waals surface area contributed by atoms with Crippen LogP contribution in [0.25, 0.3) is 0 Å². The van der Waals surface area contributed by atoms with E-state index in [9.17, 15) is 8.42 Å². The van der Waals surface area contributed by atoms with Crippen molar-refractivity contribution in [2.24, 2.45) is 0 Å². The molecule has 29 heavy (non-hydrogen) atoms. The van der Waals surface area contributed by atoms with Crippen LogP contribution >= 0.6 is 0 Å². The predicted octanol–water partition coefficient (Wildman–Crippen LogP) is 5.29. The highest BCUT2D eigenvalue weighted by Crippen LogP contribution is 2.31. The van der Waals surface area contributed by atoms with Gasteiger partial charge in [0.2, 0.25) is 0 Å². The first kappa shape index (κ1) is 24.1. The fourth-order valence-corrected chi connectivity index (χ4v) is 3.95. The molecular formula is C22H36O6S. The highest BCUT2D eigenvalue weighted by molar-refractivity contribution is 7.85. The van der Waals surface area contributed by atoms with Crippen LogP contribution in [0.15, 0.2) is 24.3 Å². The Balaban J connectivity index is 1.63. The third-order valence-corrected chi connectivity index (χ3v) is 5.88. The highest BCUT2D eigenvalue weighted by atomic mass is 32.2. The number of rotatable bonds is 15. The van der Waals surface area contributed by atoms with Crippen LogP contribution in [0.1, 0.15) is 83.0 Å². The Morgan fingerprint density at radius 2 is 1.79 bits per heavy atom. The zero-order valence-corrected chi connectivity index (χ0v) is 18.4. The van der Waals surface area contributed by atoms with Gasteiger partial charge in [-0.3, -0.25) is 4.55 Å². The Morgan fingerprint density at radius 1 is 1.07 bits per heavy atom. The Kier molecular flexibility index (Phi) is 11.0. The Labute approximate surface area is 175 Å². The molecule has 1 aliphatic rings. The van der Waals surface area contributed by atoms with Crippen LogP contribution in [0.3, 0.4) is 0 Å². The van der Waals surface area contributed by atoms with E-state index in [0.717, 1.165) is 12.0 Å². The maximum absolute atomic E-state index is 10.7. The molecule has 2 rings (SSSR count). The summed E-state index contributed by atoms with van der Waals surface area (Å²) in [6.07, 6.45) is 11.4. The van der Waals surface area contributed by atoms with Crippen molar-refractivity contribution in [3.8, 4) is 5.75 Å². The van der Waals surface area contributed by atoms with E-state index in [1.807, 2.05) is 24.3 Å². The van der Waals surface area contributed by atoms with Gasteiger partial charge in [-0.05, 0) is 25.0 Å². The van der Waals surface area contributed by atoms with Crippen LogP contribution in [0, 0.1) is 0 Å². The van der Waals surface area contributed by atoms with Crippen molar-refractivity contribution in [1.29, 1.82) is 0 Å². The first-order valence-electron chi connectivity index (χ1n) is 10.9. The molecule has 0 radical (unpaired) electrons. The molecule has 0 aromatic heterocycles. The van der Waals surface area contributed by atoms with Gasteiger partial charge in [0.15, 0.2) is 6.29 Å². The van der Waals surface area contributed by atoms with Gasteiger partial charge in [0.25, 0.3) is 10.1 Å². The van der Waals surface area contributed by atoms with Crippen molar-refractivity contribution in [3.05, 3.63) is 29.8 Å². The summed E-state index contributed by atoms with van der Waals surface area (Å²) in [5, 5.41) is 0. The van der Waals surface area contributed by atoms with Crippen molar-refractivity contribution in [3.63, 3.8) is 0 Å². The smallest absolute Gasteiger partial charge is 0.264 e. The maximum atomic E-state index is 10.7. The predicted molar refractivity (Wildman–Crippen MR) is 114 cm³/mol. The van der Waals surface area contributed by atoms with E-state index >= 15 is 0 Å². The quantitative estimate of drug-likeness (QED) is 0.302. The van der Waals surface area contributed by atoms with Crippen molar-refractivity contribution >= 4 is 10.1 Å². The SMILES string of the molecule is CCCCCCCCCCC1COC(c2cccc(OCCCS(=O)(=O)O)c2)O1. The van der Waals surface area contributed by atoms with Gasteiger partial charge in [0, 0.05) is 5.56 Å². The minimum atomic E-state index is -3.94. The van der Waals surface area contributed by atoms with Gasteiger partial charge in [-0.2, -0.15) is 8.42 Å². The number of hydrogen-bond donors (Lipinski definition) is 1. The third-order valence-electron chi connectivity index (χ3n) is 5.07. The minimum Gasteiger partial charge on any atom is -0.494 e. The maximum Gasteiger partial charge on any atom is 0.264 e. The molecule has 0 amide bonds. The van der Waals surface area contributed by atoms with Crippen LogP contribution in [-0.4, -0.2) is 38.0 Å². The van der Waals surface area contributed by atoms with Crippen LogP contribution in [0.4, 0.5) is 0 Å². The number of ether oxygens (including phenoxy) is 3. The second-order valence-electron chi connectivity index (χ2n) is 7.75. The zero-order chi connectivity index (χ0) is 21.0. The van der Waals surface area contributed by atoms with Gasteiger partial charge < -0.3 is 14.2 Å². The minimum absolute atomic E-state index is 0.138. The first-order valence-corrected chi connectivity index (χ1v) is 12.5. The monoisotopic (exact) mass is 428 g/mol. The van der Waals surface area contributed by atoms with Gasteiger partial charge in [0.1, 0.15) is 5.75 Å². The lowest BCUT2D eigenvalue weighted by molar-refractivity contribution is -0.0615. The molecule has 1 N–H and O–H groups in total. The Morgan fingerprint density at radius 3 is 2.52 bits per heavy atom. The van der Waals surface area contributed by atoms with Crippen molar-refractivity contribution < 1.29 is 27.2 Å². The summed E-state index contributed by atoms with van der Waals surface area (Å²) in [4.78, 5) is 0. The highest BCUT2D eigenvalue weighted by Gasteiger charge is 2.27. The summed E-state index contributed by atoms with van der Waals surface area (Å²) in [6.45, 7) is 3.07. The average molecular weight is 429 g/mol. The second kappa shape index (κ2) is 13.2. The molecule has 166 valence electrons. The van der Waals surface area contributed by atoms with E-state index < -0.39 is 10.1 Å². The van der Waals surface area contributed by atoms with Gasteiger partial charge in [-0.15, -0.1) is 0 Å². The molecule has 0 spiro atoms. The summed E-state index contributed by atoms with van der Waals surface area (Å²) >= 11 is 0. The van der Waals surface area contributed by atoms with E-state index in [1.54, 1.807) is 0 Å². The molecule has 2 atom stereocenters. The molecule has 1 heterocycles. The zero-order valence-electron chi connectivity index (χ0n) is 17.6. The van der Waals surface area contributed by atoms with Gasteiger partial charge >= 0.3 is 0 Å². The fraction of sp³-hybridized carbons (Fsp3) is 0.727. The van der Waals surface area contributed by atoms with Crippen LogP contribution in [0.5, 0.6) is 5.75 Å². The molecule has 0 aliphatic carbocycles. The van der Waals surface area contributed by atoms with Gasteiger partial charge in [0.05, 0.1) is 25.1 Å². The lowest BCUT2D eigenvalue weighted by Crippen LogP contribution is -2.09. The van der Waals surface area contributed by atoms with Gasteiger partial charge in [-0.25, -0.2) is 0 Å². The first-order chi connectivity index (χ1) is 14.0. The van der Waals surface area contributed by atoms with Crippen LogP contribution in [0.2, 0.25) is 0 Å². The summed E-state index contributed by atoms with van der Waals surface area (Å²) in [5.74, 6) is 0.332. The van der Waals surface area contributed by atoms with Gasteiger partial charge in [-0.1, -0.05) is 70.4 Å². The molecule has 0 bridgehead atoms. The third kappa shape index (κ3) is 10.4. The standard InChI is InChI=1S/C22H36O6S/c1-2-3-4-5-6-7-8-9-13-21-18-27-22(28-21)19-12-10-14-20(17-19)26-15-11-16-29(23,24)25/h10,12,14,17,21-22H,2-9,11,13,15-16,18H2,1H3,(H,23,24,25). The molecular weight excluding hydrogens is 392 g/mol. The van der Waals surface area contributed by atoms with Crippen LogP contribution in [-0.2, 0) is 19.6 Å².